The van der Waals surface area contributed by atoms with E-state index < -0.39 is 17.8 Å². The van der Waals surface area contributed by atoms with Gasteiger partial charge < -0.3 is 10.6 Å². The standard InChI is InChI=1S/C8H5ClF3N3O/c9-6-5-3(7(16)14-2-13-5)1-4(15-6)8(10,11)12/h1,13H,2H2,(H,14,16). The Bertz CT molecular complexity index is 461. The van der Waals surface area contributed by atoms with Gasteiger partial charge in [-0.2, -0.15) is 13.2 Å². The largest absolute Gasteiger partial charge is 0.433 e. The van der Waals surface area contributed by atoms with Crippen LogP contribution in [0.25, 0.3) is 0 Å². The number of nitrogens with one attached hydrogen (secondary N) is 2. The van der Waals surface area contributed by atoms with Gasteiger partial charge in [0.25, 0.3) is 5.91 Å². The molecule has 1 aromatic heterocycles. The molecule has 0 spiro atoms. The second-order valence-electron chi connectivity index (χ2n) is 3.08. The van der Waals surface area contributed by atoms with Crippen LogP contribution in [0.15, 0.2) is 6.07 Å². The first-order valence-corrected chi connectivity index (χ1v) is 4.57. The Hall–Kier alpha value is -1.50. The quantitative estimate of drug-likeness (QED) is 0.692. The molecular formula is C8H5ClF3N3O. The fraction of sp³-hybridized carbons (Fsp3) is 0.250. The van der Waals surface area contributed by atoms with Crippen molar-refractivity contribution in [1.29, 1.82) is 0 Å². The van der Waals surface area contributed by atoms with Gasteiger partial charge >= 0.3 is 6.18 Å². The minimum Gasteiger partial charge on any atom is -0.365 e. The molecule has 0 atom stereocenters. The van der Waals surface area contributed by atoms with Gasteiger partial charge in [-0.15, -0.1) is 0 Å². The Morgan fingerprint density at radius 2 is 2.06 bits per heavy atom. The summed E-state index contributed by atoms with van der Waals surface area (Å²) in [7, 11) is 0. The summed E-state index contributed by atoms with van der Waals surface area (Å²) in [5, 5.41) is 4.63. The van der Waals surface area contributed by atoms with Gasteiger partial charge in [0.15, 0.2) is 5.15 Å². The number of pyridine rings is 1. The lowest BCUT2D eigenvalue weighted by Crippen LogP contribution is -2.35. The van der Waals surface area contributed by atoms with Gasteiger partial charge in [-0.1, -0.05) is 11.6 Å². The van der Waals surface area contributed by atoms with Crippen LogP contribution in [0.1, 0.15) is 16.1 Å². The molecule has 0 aliphatic carbocycles. The van der Waals surface area contributed by atoms with Gasteiger partial charge in [0.1, 0.15) is 5.69 Å². The molecule has 0 fully saturated rings. The van der Waals surface area contributed by atoms with Crippen LogP contribution < -0.4 is 10.6 Å². The molecule has 4 nitrogen and oxygen atoms in total. The predicted molar refractivity (Wildman–Crippen MR) is 50.2 cm³/mol. The Morgan fingerprint density at radius 1 is 1.38 bits per heavy atom. The number of nitrogens with zero attached hydrogens (tertiary/aromatic N) is 1. The second-order valence-corrected chi connectivity index (χ2v) is 3.44. The zero-order valence-electron chi connectivity index (χ0n) is 7.65. The molecule has 2 rings (SSSR count). The van der Waals surface area contributed by atoms with E-state index in [0.717, 1.165) is 0 Å². The molecule has 2 N–H and O–H groups in total. The summed E-state index contributed by atoms with van der Waals surface area (Å²) in [5.41, 5.74) is -1.22. The van der Waals surface area contributed by atoms with Gasteiger partial charge in [-0.3, -0.25) is 4.79 Å². The molecule has 0 saturated carbocycles. The van der Waals surface area contributed by atoms with Crippen LogP contribution in [-0.4, -0.2) is 17.6 Å². The number of fused-ring (bicyclic) bond motifs is 1. The highest BCUT2D eigenvalue weighted by Crippen LogP contribution is 2.34. The summed E-state index contributed by atoms with van der Waals surface area (Å²) < 4.78 is 37.2. The molecule has 2 heterocycles. The highest BCUT2D eigenvalue weighted by molar-refractivity contribution is 6.33. The van der Waals surface area contributed by atoms with Gasteiger partial charge in [-0.25, -0.2) is 4.98 Å². The first-order chi connectivity index (χ1) is 7.39. The third-order valence-corrected chi connectivity index (χ3v) is 2.30. The maximum atomic E-state index is 12.4. The van der Waals surface area contributed by atoms with Crippen LogP contribution >= 0.6 is 11.6 Å². The maximum absolute atomic E-state index is 12.4. The monoisotopic (exact) mass is 251 g/mol. The van der Waals surface area contributed by atoms with E-state index in [2.05, 4.69) is 15.6 Å². The molecule has 0 radical (unpaired) electrons. The van der Waals surface area contributed by atoms with Crippen LogP contribution in [0.2, 0.25) is 5.15 Å². The zero-order valence-corrected chi connectivity index (χ0v) is 8.41. The highest BCUT2D eigenvalue weighted by Gasteiger charge is 2.35. The molecule has 8 heteroatoms. The number of hydrogen-bond acceptors (Lipinski definition) is 3. The van der Waals surface area contributed by atoms with Crippen LogP contribution in [0.3, 0.4) is 0 Å². The Kier molecular flexibility index (Phi) is 2.42. The smallest absolute Gasteiger partial charge is 0.365 e. The summed E-state index contributed by atoms with van der Waals surface area (Å²) in [4.78, 5) is 14.5. The number of halogens is 4. The summed E-state index contributed by atoms with van der Waals surface area (Å²) in [6.45, 7) is 0.110. The molecule has 1 aliphatic rings. The molecule has 0 saturated heterocycles. The number of alkyl halides is 3. The lowest BCUT2D eigenvalue weighted by molar-refractivity contribution is -0.141. The zero-order chi connectivity index (χ0) is 11.9. The SMILES string of the molecule is O=C1NCNc2c1cc(C(F)(F)F)nc2Cl. The summed E-state index contributed by atoms with van der Waals surface area (Å²) in [6.07, 6.45) is -4.63. The van der Waals surface area contributed by atoms with Crippen LogP contribution in [0.4, 0.5) is 18.9 Å². The van der Waals surface area contributed by atoms with Gasteiger partial charge in [0.2, 0.25) is 0 Å². The minimum atomic E-state index is -4.63. The number of hydrogen-bond donors (Lipinski definition) is 2. The maximum Gasteiger partial charge on any atom is 0.433 e. The lowest BCUT2D eigenvalue weighted by atomic mass is 10.1. The molecule has 0 unspecified atom stereocenters. The third-order valence-electron chi connectivity index (χ3n) is 2.02. The van der Waals surface area contributed by atoms with Crippen molar-refractivity contribution in [2.24, 2.45) is 0 Å². The van der Waals surface area contributed by atoms with E-state index in [4.69, 9.17) is 11.6 Å². The minimum absolute atomic E-state index is 0.110. The van der Waals surface area contributed by atoms with E-state index in [1.165, 1.54) is 0 Å². The lowest BCUT2D eigenvalue weighted by Gasteiger charge is -2.20. The number of carbonyl (C=O) groups excluding carboxylic acids is 1. The van der Waals surface area contributed by atoms with Crippen molar-refractivity contribution in [3.8, 4) is 0 Å². The fourth-order valence-corrected chi connectivity index (χ4v) is 1.57. The first-order valence-electron chi connectivity index (χ1n) is 4.19. The van der Waals surface area contributed by atoms with Crippen molar-refractivity contribution in [3.05, 3.63) is 22.5 Å². The predicted octanol–water partition coefficient (Wildman–Crippen LogP) is 1.87. The normalized spacial score (nSPS) is 15.1. The van der Waals surface area contributed by atoms with E-state index in [-0.39, 0.29) is 23.1 Å². The van der Waals surface area contributed by atoms with Gasteiger partial charge in [-0.05, 0) is 6.07 Å². The van der Waals surface area contributed by atoms with Crippen molar-refractivity contribution in [2.75, 3.05) is 12.0 Å². The average Bonchev–Trinajstić information content (AvgIpc) is 2.18. The molecule has 0 bridgehead atoms. The van der Waals surface area contributed by atoms with Crippen LogP contribution in [0.5, 0.6) is 0 Å². The Labute approximate surface area is 92.8 Å². The average molecular weight is 252 g/mol. The van der Waals surface area contributed by atoms with Gasteiger partial charge in [0, 0.05) is 0 Å². The summed E-state index contributed by atoms with van der Waals surface area (Å²) >= 11 is 5.57. The molecule has 86 valence electrons. The van der Waals surface area contributed by atoms with E-state index in [0.29, 0.717) is 6.07 Å². The van der Waals surface area contributed by atoms with Crippen molar-refractivity contribution < 1.29 is 18.0 Å². The number of amides is 1. The highest BCUT2D eigenvalue weighted by atomic mass is 35.5. The summed E-state index contributed by atoms with van der Waals surface area (Å²) in [6, 6.07) is 0.669. The topological polar surface area (TPSA) is 54.0 Å². The molecule has 1 amide bonds. The number of carbonyl (C=O) groups is 1. The number of rotatable bonds is 0. The second kappa shape index (κ2) is 3.51. The van der Waals surface area contributed by atoms with E-state index in [1.54, 1.807) is 0 Å². The Balaban J connectivity index is 2.60. The molecule has 1 aromatic rings. The Morgan fingerprint density at radius 3 is 2.69 bits per heavy atom. The molecule has 0 aromatic carbocycles. The van der Waals surface area contributed by atoms with Gasteiger partial charge in [0.05, 0.1) is 17.9 Å². The van der Waals surface area contributed by atoms with Crippen molar-refractivity contribution in [1.82, 2.24) is 10.3 Å². The first kappa shape index (κ1) is 11.0. The van der Waals surface area contributed by atoms with E-state index in [9.17, 15) is 18.0 Å². The number of anilines is 1. The summed E-state index contributed by atoms with van der Waals surface area (Å²) in [5.74, 6) is -0.608. The van der Waals surface area contributed by atoms with Crippen molar-refractivity contribution >= 4 is 23.2 Å². The third kappa shape index (κ3) is 1.78. The number of aromatic nitrogens is 1. The molecular weight excluding hydrogens is 247 g/mol. The molecule has 1 aliphatic heterocycles. The van der Waals surface area contributed by atoms with Crippen molar-refractivity contribution in [3.63, 3.8) is 0 Å². The fourth-order valence-electron chi connectivity index (χ4n) is 1.31. The van der Waals surface area contributed by atoms with Crippen LogP contribution in [-0.2, 0) is 6.18 Å². The van der Waals surface area contributed by atoms with Crippen LogP contribution in [0, 0.1) is 0 Å². The van der Waals surface area contributed by atoms with E-state index in [1.807, 2.05) is 0 Å². The molecule has 16 heavy (non-hydrogen) atoms. The van der Waals surface area contributed by atoms with E-state index >= 15 is 0 Å². The van der Waals surface area contributed by atoms with Crippen molar-refractivity contribution in [2.45, 2.75) is 6.18 Å².